The van der Waals surface area contributed by atoms with Gasteiger partial charge in [0.2, 0.25) is 0 Å². The molecule has 0 radical (unpaired) electrons. The van der Waals surface area contributed by atoms with Crippen molar-refractivity contribution in [1.82, 2.24) is 10.2 Å². The number of hydrogen-bond donors (Lipinski definition) is 2. The van der Waals surface area contributed by atoms with Crippen LogP contribution in [0.3, 0.4) is 0 Å². The largest absolute Gasteiger partial charge is 0.483 e. The Bertz CT molecular complexity index is 1130. The Balaban J connectivity index is 1.49. The number of ether oxygens (including phenoxy) is 1. The van der Waals surface area contributed by atoms with Crippen LogP contribution in [-0.2, 0) is 14.4 Å². The first-order chi connectivity index (χ1) is 16.4. The summed E-state index contributed by atoms with van der Waals surface area (Å²) in [4.78, 5) is 51.5. The summed E-state index contributed by atoms with van der Waals surface area (Å²) < 4.78 is 5.69. The molecule has 5 amide bonds. The van der Waals surface area contributed by atoms with Gasteiger partial charge in [-0.1, -0.05) is 55.2 Å². The maximum Gasteiger partial charge on any atom is 0.331 e. The average Bonchev–Trinajstić information content (AvgIpc) is 2.83. The van der Waals surface area contributed by atoms with Gasteiger partial charge in [-0.3, -0.25) is 24.6 Å². The van der Waals surface area contributed by atoms with Crippen molar-refractivity contribution in [3.8, 4) is 5.75 Å². The minimum atomic E-state index is -0.742. The molecule has 1 saturated carbocycles. The summed E-state index contributed by atoms with van der Waals surface area (Å²) in [7, 11) is 0. The Hall–Kier alpha value is -3.94. The van der Waals surface area contributed by atoms with Crippen LogP contribution in [0.1, 0.15) is 43.2 Å². The average molecular weight is 462 g/mol. The van der Waals surface area contributed by atoms with Crippen LogP contribution in [0.15, 0.2) is 54.1 Å². The van der Waals surface area contributed by atoms with E-state index < -0.39 is 17.8 Å². The van der Waals surface area contributed by atoms with Gasteiger partial charge in [-0.15, -0.1) is 0 Å². The normalized spacial score (nSPS) is 18.1. The van der Waals surface area contributed by atoms with Gasteiger partial charge >= 0.3 is 6.03 Å². The van der Waals surface area contributed by atoms with E-state index in [2.05, 4.69) is 10.6 Å². The molecule has 2 fully saturated rings. The van der Waals surface area contributed by atoms with E-state index in [-0.39, 0.29) is 24.1 Å². The quantitative estimate of drug-likeness (QED) is 0.503. The van der Waals surface area contributed by atoms with Crippen molar-refractivity contribution in [3.05, 3.63) is 65.2 Å². The number of barbiturate groups is 1. The molecular formula is C26H27N3O5. The second-order valence-electron chi connectivity index (χ2n) is 8.52. The fourth-order valence-corrected chi connectivity index (χ4v) is 4.21. The third-order valence-corrected chi connectivity index (χ3v) is 5.99. The maximum absolute atomic E-state index is 13.1. The molecule has 2 aromatic rings. The molecule has 8 nitrogen and oxygen atoms in total. The summed E-state index contributed by atoms with van der Waals surface area (Å²) in [5.74, 6) is -1.34. The number of nitrogens with one attached hydrogen (secondary N) is 2. The van der Waals surface area contributed by atoms with E-state index in [1.54, 1.807) is 36.4 Å². The van der Waals surface area contributed by atoms with Crippen LogP contribution >= 0.6 is 0 Å². The monoisotopic (exact) mass is 461 g/mol. The van der Waals surface area contributed by atoms with Gasteiger partial charge in [0.1, 0.15) is 11.3 Å². The van der Waals surface area contributed by atoms with E-state index in [0.29, 0.717) is 17.0 Å². The summed E-state index contributed by atoms with van der Waals surface area (Å²) in [5, 5.41) is 5.04. The van der Waals surface area contributed by atoms with Crippen LogP contribution in [0.4, 0.5) is 10.5 Å². The van der Waals surface area contributed by atoms with E-state index in [9.17, 15) is 19.2 Å². The molecule has 34 heavy (non-hydrogen) atoms. The molecule has 2 aliphatic rings. The Morgan fingerprint density at radius 3 is 2.50 bits per heavy atom. The topological polar surface area (TPSA) is 105 Å². The molecule has 1 heterocycles. The molecule has 0 aromatic heterocycles. The molecule has 0 unspecified atom stereocenters. The second-order valence-corrected chi connectivity index (χ2v) is 8.52. The number of rotatable bonds is 6. The highest BCUT2D eigenvalue weighted by Gasteiger charge is 2.40. The van der Waals surface area contributed by atoms with Gasteiger partial charge in [-0.25, -0.2) is 4.79 Å². The maximum atomic E-state index is 13.1. The van der Waals surface area contributed by atoms with Gasteiger partial charge in [0, 0.05) is 17.3 Å². The number of benzene rings is 2. The number of para-hydroxylation sites is 1. The molecule has 8 heteroatoms. The van der Waals surface area contributed by atoms with Crippen LogP contribution in [0.2, 0.25) is 0 Å². The number of hydrogen-bond acceptors (Lipinski definition) is 5. The zero-order valence-corrected chi connectivity index (χ0v) is 19.0. The van der Waals surface area contributed by atoms with E-state index in [1.807, 2.05) is 19.1 Å². The zero-order valence-electron chi connectivity index (χ0n) is 19.0. The highest BCUT2D eigenvalue weighted by Crippen LogP contribution is 2.28. The summed E-state index contributed by atoms with van der Waals surface area (Å²) >= 11 is 0. The summed E-state index contributed by atoms with van der Waals surface area (Å²) in [5.41, 5.74) is 2.07. The molecule has 2 aromatic carbocycles. The van der Waals surface area contributed by atoms with E-state index in [0.717, 1.165) is 37.7 Å². The molecule has 0 spiro atoms. The zero-order chi connectivity index (χ0) is 24.1. The van der Waals surface area contributed by atoms with E-state index in [4.69, 9.17) is 4.74 Å². The van der Waals surface area contributed by atoms with E-state index in [1.165, 1.54) is 11.0 Å². The second kappa shape index (κ2) is 10.3. The molecule has 1 aliphatic heterocycles. The number of urea groups is 1. The Morgan fingerprint density at radius 2 is 1.76 bits per heavy atom. The van der Waals surface area contributed by atoms with Crippen LogP contribution in [0.25, 0.3) is 6.08 Å². The Kier molecular flexibility index (Phi) is 7.06. The lowest BCUT2D eigenvalue weighted by Gasteiger charge is -2.35. The number of imide groups is 2. The highest BCUT2D eigenvalue weighted by molar-refractivity contribution is 6.31. The number of carbonyl (C=O) groups excluding carboxylic acids is 4. The van der Waals surface area contributed by atoms with Gasteiger partial charge in [-0.05, 0) is 44.0 Å². The van der Waals surface area contributed by atoms with Crippen molar-refractivity contribution in [2.24, 2.45) is 0 Å². The summed E-state index contributed by atoms with van der Waals surface area (Å²) in [6.07, 6.45) is 5.83. The van der Waals surface area contributed by atoms with Crippen molar-refractivity contribution in [1.29, 1.82) is 0 Å². The molecular weight excluding hydrogens is 434 g/mol. The molecule has 4 rings (SSSR count). The third-order valence-electron chi connectivity index (χ3n) is 5.99. The minimum absolute atomic E-state index is 0.134. The van der Waals surface area contributed by atoms with Gasteiger partial charge in [0.05, 0.1) is 0 Å². The minimum Gasteiger partial charge on any atom is -0.483 e. The molecule has 2 N–H and O–H groups in total. The number of amides is 5. The predicted molar refractivity (Wildman–Crippen MR) is 127 cm³/mol. The Morgan fingerprint density at radius 1 is 1.06 bits per heavy atom. The number of aryl methyl sites for hydroxylation is 1. The summed E-state index contributed by atoms with van der Waals surface area (Å²) in [6.45, 7) is 1.71. The van der Waals surface area contributed by atoms with Gasteiger partial charge in [-0.2, -0.15) is 0 Å². The van der Waals surface area contributed by atoms with Gasteiger partial charge < -0.3 is 10.1 Å². The molecule has 1 aliphatic carbocycles. The first kappa shape index (κ1) is 23.2. The standard InChI is InChI=1S/C26H27N3O5/c1-17-11-13-19(14-12-17)27-23(30)16-34-22-10-6-5-7-18(22)15-21-24(31)28-26(33)29(25(21)32)20-8-3-2-4-9-20/h5-7,10-15,20H,2-4,8-9,16H2,1H3,(H,27,30)(H,28,31,33). The van der Waals surface area contributed by atoms with Crippen molar-refractivity contribution in [2.75, 3.05) is 11.9 Å². The molecule has 0 atom stereocenters. The van der Waals surface area contributed by atoms with Gasteiger partial charge in [0.25, 0.3) is 17.7 Å². The van der Waals surface area contributed by atoms with Crippen molar-refractivity contribution in [3.63, 3.8) is 0 Å². The highest BCUT2D eigenvalue weighted by atomic mass is 16.5. The molecule has 1 saturated heterocycles. The first-order valence-electron chi connectivity index (χ1n) is 11.4. The van der Waals surface area contributed by atoms with Crippen LogP contribution < -0.4 is 15.4 Å². The first-order valence-corrected chi connectivity index (χ1v) is 11.4. The van der Waals surface area contributed by atoms with Crippen molar-refractivity contribution in [2.45, 2.75) is 45.1 Å². The van der Waals surface area contributed by atoms with E-state index >= 15 is 0 Å². The lowest BCUT2D eigenvalue weighted by atomic mass is 9.93. The summed E-state index contributed by atoms with van der Waals surface area (Å²) in [6, 6.07) is 13.3. The van der Waals surface area contributed by atoms with Crippen LogP contribution in [0, 0.1) is 6.92 Å². The molecule has 0 bridgehead atoms. The lowest BCUT2D eigenvalue weighted by Crippen LogP contribution is -2.58. The third kappa shape index (κ3) is 5.33. The van der Waals surface area contributed by atoms with Crippen molar-refractivity contribution >= 4 is 35.5 Å². The van der Waals surface area contributed by atoms with Gasteiger partial charge in [0.15, 0.2) is 6.61 Å². The SMILES string of the molecule is Cc1ccc(NC(=O)COc2ccccc2C=C2C(=O)NC(=O)N(C3CCCCC3)C2=O)cc1. The fraction of sp³-hybridized carbons (Fsp3) is 0.308. The number of nitrogens with zero attached hydrogens (tertiary/aromatic N) is 1. The van der Waals surface area contributed by atoms with Crippen molar-refractivity contribution < 1.29 is 23.9 Å². The predicted octanol–water partition coefficient (Wildman–Crippen LogP) is 3.81. The Labute approximate surface area is 198 Å². The van der Waals surface area contributed by atoms with Crippen LogP contribution in [-0.4, -0.2) is 41.3 Å². The van der Waals surface area contributed by atoms with Crippen LogP contribution in [0.5, 0.6) is 5.75 Å². The number of anilines is 1. The lowest BCUT2D eigenvalue weighted by molar-refractivity contribution is -0.132. The smallest absolute Gasteiger partial charge is 0.331 e. The molecule has 176 valence electrons. The number of carbonyl (C=O) groups is 4. The fourth-order valence-electron chi connectivity index (χ4n) is 4.21.